The number of unbranched alkanes of at least 4 members (excludes halogenated alkanes) is 1. The van der Waals surface area contributed by atoms with E-state index in [1.165, 1.54) is 0 Å². The number of amides is 2. The molecule has 18 heavy (non-hydrogen) atoms. The molecule has 0 aliphatic rings. The van der Waals surface area contributed by atoms with Crippen LogP contribution in [0.2, 0.25) is 0 Å². The number of nitrogens with zero attached hydrogens (tertiary/aromatic N) is 1. The third-order valence-electron chi connectivity index (χ3n) is 2.67. The van der Waals surface area contributed by atoms with E-state index in [-0.39, 0.29) is 12.6 Å². The van der Waals surface area contributed by atoms with Gasteiger partial charge < -0.3 is 20.6 Å². The number of carboxylic acid groups (broad SMARTS) is 1. The molecule has 0 aliphatic carbocycles. The fourth-order valence-corrected chi connectivity index (χ4v) is 1.44. The Morgan fingerprint density at radius 2 is 1.89 bits per heavy atom. The fourth-order valence-electron chi connectivity index (χ4n) is 1.44. The van der Waals surface area contributed by atoms with E-state index in [2.05, 4.69) is 15.5 Å². The van der Waals surface area contributed by atoms with E-state index in [0.29, 0.717) is 13.0 Å². The molecule has 6 nitrogen and oxygen atoms in total. The second kappa shape index (κ2) is 9.70. The highest BCUT2D eigenvalue weighted by molar-refractivity contribution is 5.75. The molecular formula is C12H25N3O3. The summed E-state index contributed by atoms with van der Waals surface area (Å²) in [4.78, 5) is 24.2. The second-order valence-corrected chi connectivity index (χ2v) is 4.59. The average Bonchev–Trinajstić information content (AvgIpc) is 2.28. The van der Waals surface area contributed by atoms with Crippen molar-refractivity contribution >= 4 is 12.0 Å². The van der Waals surface area contributed by atoms with Gasteiger partial charge in [-0.3, -0.25) is 4.79 Å². The number of urea groups is 1. The van der Waals surface area contributed by atoms with E-state index in [0.717, 1.165) is 19.4 Å². The molecule has 0 radical (unpaired) electrons. The number of hydrogen-bond acceptors (Lipinski definition) is 3. The Bertz CT molecular complexity index is 257. The van der Waals surface area contributed by atoms with Gasteiger partial charge in [0.1, 0.15) is 0 Å². The van der Waals surface area contributed by atoms with E-state index in [4.69, 9.17) is 5.11 Å². The van der Waals surface area contributed by atoms with Crippen molar-refractivity contribution in [3.8, 4) is 0 Å². The Kier molecular flexibility index (Phi) is 9.00. The Morgan fingerprint density at radius 1 is 1.22 bits per heavy atom. The van der Waals surface area contributed by atoms with E-state index in [9.17, 15) is 9.59 Å². The molecule has 2 amide bonds. The number of carbonyl (C=O) groups excluding carboxylic acids is 1. The molecule has 106 valence electrons. The molecule has 0 aromatic heterocycles. The molecule has 0 aromatic carbocycles. The summed E-state index contributed by atoms with van der Waals surface area (Å²) in [6, 6.07) is -0.292. The molecule has 0 rings (SSSR count). The lowest BCUT2D eigenvalue weighted by molar-refractivity contribution is -0.141. The van der Waals surface area contributed by atoms with Crippen LogP contribution in [0.5, 0.6) is 0 Å². The summed E-state index contributed by atoms with van der Waals surface area (Å²) in [5.41, 5.74) is 0. The third-order valence-corrected chi connectivity index (χ3v) is 2.67. The van der Waals surface area contributed by atoms with E-state index in [1.807, 2.05) is 14.1 Å². The SMILES string of the molecule is CCC(CNC(=O)NCCCCN(C)C)C(=O)O. The van der Waals surface area contributed by atoms with Crippen LogP contribution in [-0.2, 0) is 4.79 Å². The molecule has 3 N–H and O–H groups in total. The average molecular weight is 259 g/mol. The highest BCUT2D eigenvalue weighted by atomic mass is 16.4. The quantitative estimate of drug-likeness (QED) is 0.533. The zero-order chi connectivity index (χ0) is 14.0. The van der Waals surface area contributed by atoms with Gasteiger partial charge in [-0.1, -0.05) is 6.92 Å². The Labute approximate surface area is 109 Å². The first kappa shape index (κ1) is 16.7. The molecule has 0 aromatic rings. The van der Waals surface area contributed by atoms with Crippen molar-refractivity contribution in [2.45, 2.75) is 26.2 Å². The minimum absolute atomic E-state index is 0.176. The molecule has 0 fully saturated rings. The monoisotopic (exact) mass is 259 g/mol. The molecule has 0 spiro atoms. The van der Waals surface area contributed by atoms with Crippen LogP contribution in [0.25, 0.3) is 0 Å². The van der Waals surface area contributed by atoms with Crippen LogP contribution < -0.4 is 10.6 Å². The molecule has 6 heteroatoms. The van der Waals surface area contributed by atoms with Gasteiger partial charge in [0.05, 0.1) is 5.92 Å². The van der Waals surface area contributed by atoms with Gasteiger partial charge in [0, 0.05) is 13.1 Å². The number of carbonyl (C=O) groups is 2. The molecule has 0 aliphatic heterocycles. The Balaban J connectivity index is 3.56. The summed E-state index contributed by atoms with van der Waals surface area (Å²) in [7, 11) is 4.02. The van der Waals surface area contributed by atoms with Gasteiger partial charge in [0.15, 0.2) is 0 Å². The predicted octanol–water partition coefficient (Wildman–Crippen LogP) is 0.738. The maximum Gasteiger partial charge on any atom is 0.314 e. The largest absolute Gasteiger partial charge is 0.481 e. The second-order valence-electron chi connectivity index (χ2n) is 4.59. The maximum atomic E-state index is 11.4. The van der Waals surface area contributed by atoms with E-state index >= 15 is 0 Å². The highest BCUT2D eigenvalue weighted by Crippen LogP contribution is 1.99. The first-order valence-electron chi connectivity index (χ1n) is 6.36. The Hall–Kier alpha value is -1.30. The minimum Gasteiger partial charge on any atom is -0.481 e. The van der Waals surface area contributed by atoms with Crippen LogP contribution >= 0.6 is 0 Å². The summed E-state index contributed by atoms with van der Waals surface area (Å²) in [6.07, 6.45) is 2.46. The van der Waals surface area contributed by atoms with E-state index < -0.39 is 11.9 Å². The van der Waals surface area contributed by atoms with Gasteiger partial charge in [-0.25, -0.2) is 4.79 Å². The molecule has 0 bridgehead atoms. The highest BCUT2D eigenvalue weighted by Gasteiger charge is 2.15. The van der Waals surface area contributed by atoms with Gasteiger partial charge >= 0.3 is 12.0 Å². The Morgan fingerprint density at radius 3 is 2.39 bits per heavy atom. The van der Waals surface area contributed by atoms with Gasteiger partial charge in [-0.2, -0.15) is 0 Å². The molecule has 0 saturated carbocycles. The number of rotatable bonds is 9. The first-order valence-corrected chi connectivity index (χ1v) is 6.36. The number of hydrogen-bond donors (Lipinski definition) is 3. The zero-order valence-corrected chi connectivity index (χ0v) is 11.5. The van der Waals surface area contributed by atoms with Crippen molar-refractivity contribution in [2.75, 3.05) is 33.7 Å². The first-order chi connectivity index (χ1) is 8.47. The summed E-state index contributed by atoms with van der Waals surface area (Å²) in [5, 5.41) is 14.1. The smallest absolute Gasteiger partial charge is 0.314 e. The van der Waals surface area contributed by atoms with Crippen molar-refractivity contribution in [1.82, 2.24) is 15.5 Å². The predicted molar refractivity (Wildman–Crippen MR) is 70.6 cm³/mol. The van der Waals surface area contributed by atoms with Crippen molar-refractivity contribution in [2.24, 2.45) is 5.92 Å². The van der Waals surface area contributed by atoms with Gasteiger partial charge in [0.25, 0.3) is 0 Å². The van der Waals surface area contributed by atoms with Crippen LogP contribution in [0, 0.1) is 5.92 Å². The van der Waals surface area contributed by atoms with Crippen LogP contribution in [0.15, 0.2) is 0 Å². The van der Waals surface area contributed by atoms with E-state index in [1.54, 1.807) is 6.92 Å². The summed E-state index contributed by atoms with van der Waals surface area (Å²) >= 11 is 0. The van der Waals surface area contributed by atoms with Crippen molar-refractivity contribution in [1.29, 1.82) is 0 Å². The van der Waals surface area contributed by atoms with Crippen LogP contribution in [0.4, 0.5) is 4.79 Å². The molecular weight excluding hydrogens is 234 g/mol. The number of nitrogens with one attached hydrogen (secondary N) is 2. The van der Waals surface area contributed by atoms with Gasteiger partial charge in [-0.15, -0.1) is 0 Å². The maximum absolute atomic E-state index is 11.4. The molecule has 1 unspecified atom stereocenters. The molecule has 1 atom stereocenters. The lowest BCUT2D eigenvalue weighted by Gasteiger charge is -2.12. The lowest BCUT2D eigenvalue weighted by atomic mass is 10.1. The topological polar surface area (TPSA) is 81.7 Å². The minimum atomic E-state index is -0.871. The molecule has 0 heterocycles. The normalized spacial score (nSPS) is 12.2. The molecule has 0 saturated heterocycles. The third kappa shape index (κ3) is 8.81. The summed E-state index contributed by atoms with van der Waals surface area (Å²) in [5.74, 6) is -1.38. The van der Waals surface area contributed by atoms with Crippen molar-refractivity contribution in [3.63, 3.8) is 0 Å². The van der Waals surface area contributed by atoms with Crippen molar-refractivity contribution in [3.05, 3.63) is 0 Å². The van der Waals surface area contributed by atoms with Crippen LogP contribution in [-0.4, -0.2) is 55.7 Å². The summed E-state index contributed by atoms with van der Waals surface area (Å²) < 4.78 is 0. The summed E-state index contributed by atoms with van der Waals surface area (Å²) in [6.45, 7) is 3.58. The van der Waals surface area contributed by atoms with Gasteiger partial charge in [0.2, 0.25) is 0 Å². The number of carboxylic acids is 1. The van der Waals surface area contributed by atoms with Crippen molar-refractivity contribution < 1.29 is 14.7 Å². The zero-order valence-electron chi connectivity index (χ0n) is 11.5. The number of aliphatic carboxylic acids is 1. The van der Waals surface area contributed by atoms with Gasteiger partial charge in [-0.05, 0) is 39.9 Å². The van der Waals surface area contributed by atoms with Crippen LogP contribution in [0.1, 0.15) is 26.2 Å². The van der Waals surface area contributed by atoms with Crippen LogP contribution in [0.3, 0.4) is 0 Å². The lowest BCUT2D eigenvalue weighted by Crippen LogP contribution is -2.40. The standard InChI is InChI=1S/C12H25N3O3/c1-4-10(11(16)17)9-14-12(18)13-7-5-6-8-15(2)3/h10H,4-9H2,1-3H3,(H,16,17)(H2,13,14,18). The fraction of sp³-hybridized carbons (Fsp3) is 0.833.